The molecule has 1 aliphatic rings. The summed E-state index contributed by atoms with van der Waals surface area (Å²) in [6.07, 6.45) is 5.71. The van der Waals surface area contributed by atoms with E-state index < -0.39 is 10.0 Å². The zero-order valence-corrected chi connectivity index (χ0v) is 14.5. The van der Waals surface area contributed by atoms with Gasteiger partial charge in [0.2, 0.25) is 10.0 Å². The van der Waals surface area contributed by atoms with Gasteiger partial charge in [0.15, 0.2) is 0 Å². The Morgan fingerprint density at radius 3 is 2.50 bits per heavy atom. The van der Waals surface area contributed by atoms with E-state index >= 15 is 0 Å². The van der Waals surface area contributed by atoms with Gasteiger partial charge in [0.05, 0.1) is 22.6 Å². The van der Waals surface area contributed by atoms with E-state index in [1.807, 2.05) is 36.0 Å². The van der Waals surface area contributed by atoms with Crippen LogP contribution in [0.5, 0.6) is 0 Å². The number of nitriles is 1. The molecule has 0 aliphatic carbocycles. The van der Waals surface area contributed by atoms with Gasteiger partial charge >= 0.3 is 0 Å². The highest BCUT2D eigenvalue weighted by molar-refractivity contribution is 7.89. The number of aryl methyl sites for hydroxylation is 1. The Hall–Kier alpha value is -2.10. The fraction of sp³-hybridized carbons (Fsp3) is 0.389. The van der Waals surface area contributed by atoms with Crippen molar-refractivity contribution in [1.29, 1.82) is 5.26 Å². The third kappa shape index (κ3) is 3.10. The average Bonchev–Trinajstić information content (AvgIpc) is 2.86. The molecular weight excluding hydrogens is 322 g/mol. The summed E-state index contributed by atoms with van der Waals surface area (Å²) in [5.74, 6) is 0. The van der Waals surface area contributed by atoms with E-state index in [-0.39, 0.29) is 10.9 Å². The highest BCUT2D eigenvalue weighted by atomic mass is 32.2. The van der Waals surface area contributed by atoms with E-state index in [4.69, 9.17) is 5.26 Å². The third-order valence-electron chi connectivity index (χ3n) is 4.62. The summed E-state index contributed by atoms with van der Waals surface area (Å²) in [7, 11) is -1.64. The molecule has 3 rings (SSSR count). The molecule has 0 amide bonds. The van der Waals surface area contributed by atoms with Gasteiger partial charge in [-0.15, -0.1) is 0 Å². The summed E-state index contributed by atoms with van der Waals surface area (Å²) in [4.78, 5) is 0.252. The van der Waals surface area contributed by atoms with Gasteiger partial charge in [-0.2, -0.15) is 9.57 Å². The molecule has 24 heavy (non-hydrogen) atoms. The van der Waals surface area contributed by atoms with E-state index in [9.17, 15) is 8.42 Å². The molecule has 126 valence electrons. The number of hydrogen-bond acceptors (Lipinski definition) is 3. The number of sulfonamides is 1. The largest absolute Gasteiger partial charge is 0.353 e. The van der Waals surface area contributed by atoms with Crippen LogP contribution < -0.4 is 0 Å². The summed E-state index contributed by atoms with van der Waals surface area (Å²) in [5, 5.41) is 8.90. The highest BCUT2D eigenvalue weighted by Gasteiger charge is 2.34. The minimum Gasteiger partial charge on any atom is -0.353 e. The van der Waals surface area contributed by atoms with E-state index in [1.165, 1.54) is 12.1 Å². The van der Waals surface area contributed by atoms with Gasteiger partial charge in [-0.05, 0) is 49.2 Å². The number of benzene rings is 1. The molecule has 0 N–H and O–H groups in total. The van der Waals surface area contributed by atoms with Gasteiger partial charge in [0, 0.05) is 25.5 Å². The standard InChI is InChI=1S/C18H21N3O2S/c1-20-12-5-7-17(20)18-6-3-2-4-13-21(18)24(22,23)16-10-8-15(14-19)9-11-16/h5,7-12,18H,2-4,6,13H2,1H3. The molecule has 1 fully saturated rings. The molecule has 1 atom stereocenters. The molecule has 1 unspecified atom stereocenters. The third-order valence-corrected chi connectivity index (χ3v) is 6.54. The number of nitrogens with zero attached hydrogens (tertiary/aromatic N) is 3. The fourth-order valence-corrected chi connectivity index (χ4v) is 4.99. The normalized spacial score (nSPS) is 19.6. The molecule has 0 spiro atoms. The first kappa shape index (κ1) is 16.7. The first-order valence-corrected chi connectivity index (χ1v) is 9.61. The number of hydrogen-bond donors (Lipinski definition) is 0. The van der Waals surface area contributed by atoms with E-state index in [1.54, 1.807) is 16.4 Å². The molecule has 5 nitrogen and oxygen atoms in total. The van der Waals surface area contributed by atoms with Crippen molar-refractivity contribution in [2.75, 3.05) is 6.54 Å². The zero-order chi connectivity index (χ0) is 17.2. The van der Waals surface area contributed by atoms with Crippen LogP contribution in [0.1, 0.15) is 43.0 Å². The molecule has 0 saturated carbocycles. The van der Waals surface area contributed by atoms with Crippen LogP contribution in [0.3, 0.4) is 0 Å². The number of aromatic nitrogens is 1. The van der Waals surface area contributed by atoms with Crippen LogP contribution in [0, 0.1) is 11.3 Å². The maximum atomic E-state index is 13.2. The van der Waals surface area contributed by atoms with Gasteiger partial charge in [0.1, 0.15) is 0 Å². The Labute approximate surface area is 143 Å². The SMILES string of the molecule is Cn1cccc1C1CCCCCN1S(=O)(=O)c1ccc(C#N)cc1. The second-order valence-corrected chi connectivity index (χ2v) is 8.05. The topological polar surface area (TPSA) is 66.1 Å². The van der Waals surface area contributed by atoms with Crippen molar-refractivity contribution in [1.82, 2.24) is 8.87 Å². The minimum atomic E-state index is -3.59. The van der Waals surface area contributed by atoms with Crippen molar-refractivity contribution < 1.29 is 8.42 Å². The maximum Gasteiger partial charge on any atom is 0.243 e. The van der Waals surface area contributed by atoms with Crippen LogP contribution in [0.15, 0.2) is 47.5 Å². The van der Waals surface area contributed by atoms with Crippen molar-refractivity contribution in [2.45, 2.75) is 36.6 Å². The maximum absolute atomic E-state index is 13.2. The van der Waals surface area contributed by atoms with Crippen LogP contribution >= 0.6 is 0 Å². The lowest BCUT2D eigenvalue weighted by molar-refractivity contribution is 0.318. The molecule has 1 aromatic carbocycles. The lowest BCUT2D eigenvalue weighted by Crippen LogP contribution is -2.35. The summed E-state index contributed by atoms with van der Waals surface area (Å²) in [5.41, 5.74) is 1.48. The van der Waals surface area contributed by atoms with Gasteiger partial charge in [0.25, 0.3) is 0 Å². The summed E-state index contributed by atoms with van der Waals surface area (Å²) in [6, 6.07) is 12.0. The van der Waals surface area contributed by atoms with Gasteiger partial charge < -0.3 is 4.57 Å². The summed E-state index contributed by atoms with van der Waals surface area (Å²) >= 11 is 0. The lowest BCUT2D eigenvalue weighted by Gasteiger charge is -2.29. The second-order valence-electron chi connectivity index (χ2n) is 6.16. The molecule has 1 aromatic heterocycles. The first-order chi connectivity index (χ1) is 11.5. The predicted octanol–water partition coefficient (Wildman–Crippen LogP) is 3.20. The van der Waals surface area contributed by atoms with Crippen molar-refractivity contribution in [2.24, 2.45) is 7.05 Å². The van der Waals surface area contributed by atoms with Crippen LogP contribution in [-0.2, 0) is 17.1 Å². The predicted molar refractivity (Wildman–Crippen MR) is 91.7 cm³/mol. The van der Waals surface area contributed by atoms with Crippen LogP contribution in [0.4, 0.5) is 0 Å². The van der Waals surface area contributed by atoms with Gasteiger partial charge in [-0.1, -0.05) is 12.8 Å². The number of rotatable bonds is 3. The zero-order valence-electron chi connectivity index (χ0n) is 13.7. The van der Waals surface area contributed by atoms with Crippen molar-refractivity contribution in [3.05, 3.63) is 53.9 Å². The molecule has 2 heterocycles. The molecule has 0 bridgehead atoms. The van der Waals surface area contributed by atoms with Crippen LogP contribution in [-0.4, -0.2) is 23.8 Å². The Morgan fingerprint density at radius 2 is 1.88 bits per heavy atom. The molecule has 1 aliphatic heterocycles. The first-order valence-electron chi connectivity index (χ1n) is 8.17. The van der Waals surface area contributed by atoms with Crippen LogP contribution in [0.2, 0.25) is 0 Å². The summed E-state index contributed by atoms with van der Waals surface area (Å²) in [6.45, 7) is 0.526. The molecule has 2 aromatic rings. The average molecular weight is 343 g/mol. The smallest absolute Gasteiger partial charge is 0.243 e. The van der Waals surface area contributed by atoms with Crippen molar-refractivity contribution in [3.63, 3.8) is 0 Å². The van der Waals surface area contributed by atoms with Gasteiger partial charge in [-0.25, -0.2) is 8.42 Å². The lowest BCUT2D eigenvalue weighted by atomic mass is 10.1. The van der Waals surface area contributed by atoms with Crippen molar-refractivity contribution in [3.8, 4) is 6.07 Å². The van der Waals surface area contributed by atoms with E-state index in [2.05, 4.69) is 0 Å². The quantitative estimate of drug-likeness (QED) is 0.859. The monoisotopic (exact) mass is 343 g/mol. The van der Waals surface area contributed by atoms with E-state index in [0.717, 1.165) is 31.4 Å². The minimum absolute atomic E-state index is 0.145. The molecule has 6 heteroatoms. The molecule has 0 radical (unpaired) electrons. The van der Waals surface area contributed by atoms with Gasteiger partial charge in [-0.3, -0.25) is 0 Å². The summed E-state index contributed by atoms with van der Waals surface area (Å²) < 4.78 is 30.0. The Balaban J connectivity index is 2.01. The fourth-order valence-electron chi connectivity index (χ4n) is 3.32. The highest BCUT2D eigenvalue weighted by Crippen LogP contribution is 2.34. The Kier molecular flexibility index (Phi) is 4.74. The second kappa shape index (κ2) is 6.80. The Morgan fingerprint density at radius 1 is 1.12 bits per heavy atom. The Bertz CT molecular complexity index is 847. The van der Waals surface area contributed by atoms with Crippen LogP contribution in [0.25, 0.3) is 0 Å². The molecular formula is C18H21N3O2S. The van der Waals surface area contributed by atoms with Crippen molar-refractivity contribution >= 4 is 10.0 Å². The molecule has 1 saturated heterocycles. The van der Waals surface area contributed by atoms with E-state index in [0.29, 0.717) is 12.1 Å².